The van der Waals surface area contributed by atoms with E-state index in [-0.39, 0.29) is 5.91 Å². The number of likely N-dealkylation sites (tertiary alicyclic amines) is 1. The summed E-state index contributed by atoms with van der Waals surface area (Å²) in [6.07, 6.45) is 12.5. The topological polar surface area (TPSA) is 50.8 Å². The van der Waals surface area contributed by atoms with Gasteiger partial charge in [0.05, 0.1) is 6.61 Å². The molecule has 0 spiro atoms. The molecule has 1 saturated carbocycles. The fraction of sp³-hybridized carbons (Fsp3) is 0.708. The number of ether oxygens (including phenoxy) is 2. The minimum atomic E-state index is -0.682. The van der Waals surface area contributed by atoms with Gasteiger partial charge in [-0.25, -0.2) is 0 Å². The van der Waals surface area contributed by atoms with E-state index in [9.17, 15) is 4.79 Å². The molecule has 1 saturated heterocycles. The average Bonchev–Trinajstić information content (AvgIpc) is 3.16. The molecule has 1 aromatic carbocycles. The summed E-state index contributed by atoms with van der Waals surface area (Å²) in [5.41, 5.74) is 0.117. The number of nitrogens with one attached hydrogen (secondary N) is 1. The molecule has 0 bridgehead atoms. The van der Waals surface area contributed by atoms with Gasteiger partial charge in [-0.15, -0.1) is 0 Å². The lowest BCUT2D eigenvalue weighted by atomic mass is 9.93. The molecule has 0 radical (unpaired) electrons. The van der Waals surface area contributed by atoms with Crippen LogP contribution in [-0.2, 0) is 9.53 Å². The molecule has 0 atom stereocenters. The summed E-state index contributed by atoms with van der Waals surface area (Å²) in [6, 6.07) is 7.71. The molecule has 2 aliphatic rings. The Morgan fingerprint density at radius 1 is 0.966 bits per heavy atom. The first-order chi connectivity index (χ1) is 14.2. The van der Waals surface area contributed by atoms with Crippen LogP contribution in [0.15, 0.2) is 24.3 Å². The molecule has 2 fully saturated rings. The highest BCUT2D eigenvalue weighted by molar-refractivity contribution is 5.97. The van der Waals surface area contributed by atoms with Crippen molar-refractivity contribution < 1.29 is 14.3 Å². The number of anilines is 1. The largest absolute Gasteiger partial charge is 0.494 e. The minimum absolute atomic E-state index is 0.0204. The average molecular weight is 403 g/mol. The van der Waals surface area contributed by atoms with E-state index in [1.165, 1.54) is 51.6 Å². The number of carbonyl (C=O) groups excluding carboxylic acids is 1. The highest BCUT2D eigenvalue weighted by atomic mass is 16.5. The van der Waals surface area contributed by atoms with Gasteiger partial charge in [-0.2, -0.15) is 0 Å². The summed E-state index contributed by atoms with van der Waals surface area (Å²) in [5, 5.41) is 3.05. The summed E-state index contributed by atoms with van der Waals surface area (Å²) in [4.78, 5) is 15.4. The van der Waals surface area contributed by atoms with Crippen molar-refractivity contribution in [3.8, 4) is 5.75 Å². The van der Waals surface area contributed by atoms with Crippen molar-refractivity contribution in [2.45, 2.75) is 76.2 Å². The Bertz CT molecular complexity index is 601. The Morgan fingerprint density at radius 2 is 1.59 bits per heavy atom. The van der Waals surface area contributed by atoms with E-state index >= 15 is 0 Å². The van der Waals surface area contributed by atoms with Crippen molar-refractivity contribution in [1.82, 2.24) is 4.90 Å². The molecule has 162 valence electrons. The van der Waals surface area contributed by atoms with E-state index in [1.54, 1.807) is 7.11 Å². The molecule has 1 aliphatic heterocycles. The van der Waals surface area contributed by atoms with Gasteiger partial charge in [0.1, 0.15) is 11.4 Å². The van der Waals surface area contributed by atoms with Gasteiger partial charge in [-0.3, -0.25) is 4.79 Å². The molecule has 0 aromatic heterocycles. The predicted molar refractivity (Wildman–Crippen MR) is 118 cm³/mol. The molecule has 5 heteroatoms. The fourth-order valence-corrected chi connectivity index (χ4v) is 4.54. The zero-order valence-electron chi connectivity index (χ0n) is 18.1. The van der Waals surface area contributed by atoms with Crippen LogP contribution in [-0.4, -0.2) is 49.8 Å². The maximum Gasteiger partial charge on any atom is 0.256 e. The van der Waals surface area contributed by atoms with Crippen LogP contribution in [0.3, 0.4) is 0 Å². The first-order valence-electron chi connectivity index (χ1n) is 11.5. The van der Waals surface area contributed by atoms with Crippen LogP contribution in [0.2, 0.25) is 0 Å². The first kappa shape index (κ1) is 22.1. The molecule has 29 heavy (non-hydrogen) atoms. The van der Waals surface area contributed by atoms with Gasteiger partial charge in [-0.1, -0.05) is 38.5 Å². The number of nitrogens with zero attached hydrogens (tertiary/aromatic N) is 1. The highest BCUT2D eigenvalue weighted by Crippen LogP contribution is 2.31. The van der Waals surface area contributed by atoms with Gasteiger partial charge < -0.3 is 19.7 Å². The van der Waals surface area contributed by atoms with Crippen LogP contribution in [0.25, 0.3) is 0 Å². The molecule has 5 nitrogen and oxygen atoms in total. The number of hydrogen-bond donors (Lipinski definition) is 1. The second-order valence-corrected chi connectivity index (χ2v) is 8.55. The zero-order valence-corrected chi connectivity index (χ0v) is 18.1. The summed E-state index contributed by atoms with van der Waals surface area (Å²) in [7, 11) is 1.66. The Hall–Kier alpha value is -1.59. The zero-order chi connectivity index (χ0) is 20.4. The van der Waals surface area contributed by atoms with E-state index < -0.39 is 5.60 Å². The minimum Gasteiger partial charge on any atom is -0.494 e. The van der Waals surface area contributed by atoms with Gasteiger partial charge in [-0.05, 0) is 69.5 Å². The smallest absolute Gasteiger partial charge is 0.256 e. The summed E-state index contributed by atoms with van der Waals surface area (Å²) in [6.45, 7) is 4.32. The van der Waals surface area contributed by atoms with Gasteiger partial charge >= 0.3 is 0 Å². The second kappa shape index (κ2) is 11.6. The molecular formula is C24H38N2O3. The third-order valence-corrected chi connectivity index (χ3v) is 6.41. The molecule has 0 unspecified atom stereocenters. The molecule has 1 aromatic rings. The van der Waals surface area contributed by atoms with Crippen LogP contribution >= 0.6 is 0 Å². The van der Waals surface area contributed by atoms with Crippen LogP contribution in [0.5, 0.6) is 5.75 Å². The predicted octanol–water partition coefficient (Wildman–Crippen LogP) is 5.01. The Morgan fingerprint density at radius 3 is 2.21 bits per heavy atom. The monoisotopic (exact) mass is 402 g/mol. The van der Waals surface area contributed by atoms with Crippen molar-refractivity contribution in [2.24, 2.45) is 0 Å². The third-order valence-electron chi connectivity index (χ3n) is 6.41. The molecule has 1 N–H and O–H groups in total. The fourth-order valence-electron chi connectivity index (χ4n) is 4.54. The maximum atomic E-state index is 12.9. The SMILES string of the molecule is COC1(C(=O)Nc2ccc(OCCCN3CCCCCC3)cc2)CCCCCC1. The maximum absolute atomic E-state index is 12.9. The lowest BCUT2D eigenvalue weighted by Gasteiger charge is -2.29. The number of methoxy groups -OCH3 is 1. The van der Waals surface area contributed by atoms with Crippen LogP contribution in [0, 0.1) is 0 Å². The number of carbonyl (C=O) groups is 1. The Kier molecular flexibility index (Phi) is 8.81. The summed E-state index contributed by atoms with van der Waals surface area (Å²) < 4.78 is 11.6. The molecule has 1 aliphatic carbocycles. The first-order valence-corrected chi connectivity index (χ1v) is 11.5. The lowest BCUT2D eigenvalue weighted by molar-refractivity contribution is -0.139. The Balaban J connectivity index is 1.42. The standard InChI is InChI=1S/C24H38N2O3/c1-28-24(15-6-2-3-7-16-24)23(27)25-21-11-13-22(14-12-21)29-20-10-19-26-17-8-4-5-9-18-26/h11-14H,2-10,15-20H2,1H3,(H,25,27). The molecule has 3 rings (SSSR count). The van der Waals surface area contributed by atoms with Gasteiger partial charge in [0.15, 0.2) is 0 Å². The van der Waals surface area contributed by atoms with Crippen molar-refractivity contribution in [2.75, 3.05) is 38.7 Å². The number of benzene rings is 1. The van der Waals surface area contributed by atoms with Crippen LogP contribution < -0.4 is 10.1 Å². The van der Waals surface area contributed by atoms with Crippen LogP contribution in [0.4, 0.5) is 5.69 Å². The number of hydrogen-bond acceptors (Lipinski definition) is 4. The number of amides is 1. The van der Waals surface area contributed by atoms with E-state index in [0.717, 1.165) is 56.7 Å². The van der Waals surface area contributed by atoms with Crippen LogP contribution in [0.1, 0.15) is 70.6 Å². The third kappa shape index (κ3) is 6.71. The Labute approximate surface area is 176 Å². The van der Waals surface area contributed by atoms with Gasteiger partial charge in [0, 0.05) is 19.3 Å². The van der Waals surface area contributed by atoms with Gasteiger partial charge in [0.2, 0.25) is 0 Å². The van der Waals surface area contributed by atoms with E-state index in [4.69, 9.17) is 9.47 Å². The van der Waals surface area contributed by atoms with Crippen molar-refractivity contribution in [3.63, 3.8) is 0 Å². The second-order valence-electron chi connectivity index (χ2n) is 8.55. The quantitative estimate of drug-likeness (QED) is 0.490. The van der Waals surface area contributed by atoms with E-state index in [0.29, 0.717) is 0 Å². The van der Waals surface area contributed by atoms with Crippen molar-refractivity contribution in [1.29, 1.82) is 0 Å². The van der Waals surface area contributed by atoms with Crippen molar-refractivity contribution in [3.05, 3.63) is 24.3 Å². The normalized spacial score (nSPS) is 20.4. The lowest BCUT2D eigenvalue weighted by Crippen LogP contribution is -2.44. The summed E-state index contributed by atoms with van der Waals surface area (Å²) in [5.74, 6) is 0.836. The van der Waals surface area contributed by atoms with Crippen molar-refractivity contribution >= 4 is 11.6 Å². The highest BCUT2D eigenvalue weighted by Gasteiger charge is 2.38. The molecular weight excluding hydrogens is 364 g/mol. The molecule has 1 heterocycles. The summed E-state index contributed by atoms with van der Waals surface area (Å²) >= 11 is 0. The van der Waals surface area contributed by atoms with Gasteiger partial charge in [0.25, 0.3) is 5.91 Å². The van der Waals surface area contributed by atoms with E-state index in [2.05, 4.69) is 10.2 Å². The van der Waals surface area contributed by atoms with E-state index in [1.807, 2.05) is 24.3 Å². The number of rotatable bonds is 8. The molecule has 1 amide bonds.